The van der Waals surface area contributed by atoms with Crippen LogP contribution >= 0.6 is 0 Å². The van der Waals surface area contributed by atoms with Gasteiger partial charge in [-0.05, 0) is 98.4 Å². The molecule has 2 amide bonds. The molecule has 17 heteroatoms. The van der Waals surface area contributed by atoms with Gasteiger partial charge < -0.3 is 24.3 Å². The Balaban J connectivity index is 0.000000176. The lowest BCUT2D eigenvalue weighted by molar-refractivity contribution is 0.0186. The average molecular weight is 837 g/mol. The summed E-state index contributed by atoms with van der Waals surface area (Å²) in [5.41, 5.74) is 4.52. The standard InChI is InChI=1S/C25H29N5O4S.C18H23N5O2/c1-17-7-9-20(10-8-17)35(32,33)29-13-11-21-23(29)27-15-19-14-26-22(30(19)21)18-6-5-12-28(16-18)24(31)34-25(2,3)4;1-18(2,3)25-17(24)22-8-4-5-12(11-22)16-21-10-13-9-20-15-14(23(13)16)6-7-19-15/h7-11,13-15,18H,5-6,12,16H2,1-4H3;6-7,9-10,12,19H,4-5,8,11H2,1-3H3/t18-;/m1./s1. The van der Waals surface area contributed by atoms with Crippen molar-refractivity contribution in [2.75, 3.05) is 26.2 Å². The zero-order valence-corrected chi connectivity index (χ0v) is 35.9. The quantitative estimate of drug-likeness (QED) is 0.185. The number of rotatable bonds is 4. The number of aryl methyl sites for hydroxylation is 1. The number of aromatic amines is 1. The smallest absolute Gasteiger partial charge is 0.410 e. The van der Waals surface area contributed by atoms with Gasteiger partial charge in [-0.3, -0.25) is 8.80 Å². The molecule has 9 rings (SSSR count). The fraction of sp³-hybridized carbons (Fsp3) is 0.442. The van der Waals surface area contributed by atoms with Crippen molar-refractivity contribution in [3.8, 4) is 0 Å². The normalized spacial score (nSPS) is 17.9. The van der Waals surface area contributed by atoms with E-state index in [4.69, 9.17) is 9.47 Å². The molecule has 16 nitrogen and oxygen atoms in total. The molecule has 2 fully saturated rings. The van der Waals surface area contributed by atoms with Crippen LogP contribution in [0, 0.1) is 6.92 Å². The van der Waals surface area contributed by atoms with Gasteiger partial charge in [0.1, 0.15) is 22.9 Å². The molecule has 0 spiro atoms. The number of hydrogen-bond donors (Lipinski definition) is 1. The van der Waals surface area contributed by atoms with Crippen LogP contribution in [0.1, 0.15) is 96.3 Å². The van der Waals surface area contributed by atoms with Gasteiger partial charge in [0.15, 0.2) is 11.3 Å². The number of nitrogens with one attached hydrogen (secondary N) is 1. The van der Waals surface area contributed by atoms with E-state index in [2.05, 4.69) is 29.3 Å². The molecule has 0 aliphatic carbocycles. The summed E-state index contributed by atoms with van der Waals surface area (Å²) in [7, 11) is -3.81. The molecule has 6 aromatic heterocycles. The maximum atomic E-state index is 13.4. The summed E-state index contributed by atoms with van der Waals surface area (Å²) in [6.45, 7) is 15.6. The number of carbonyl (C=O) groups is 2. The predicted molar refractivity (Wildman–Crippen MR) is 227 cm³/mol. The average Bonchev–Trinajstić information content (AvgIpc) is 4.02. The highest BCUT2D eigenvalue weighted by Crippen LogP contribution is 2.32. The van der Waals surface area contributed by atoms with Crippen LogP contribution in [0.3, 0.4) is 0 Å². The molecule has 7 aromatic rings. The number of ether oxygens (including phenoxy) is 2. The number of piperidine rings is 2. The number of fused-ring (bicyclic) bond motifs is 6. The van der Waals surface area contributed by atoms with E-state index in [0.717, 1.165) is 71.6 Å². The Kier molecular flexibility index (Phi) is 10.6. The molecule has 1 N–H and O–H groups in total. The summed E-state index contributed by atoms with van der Waals surface area (Å²) >= 11 is 0. The van der Waals surface area contributed by atoms with Crippen LogP contribution in [-0.2, 0) is 19.5 Å². The number of amides is 2. The van der Waals surface area contributed by atoms with Gasteiger partial charge in [-0.1, -0.05) is 17.7 Å². The second kappa shape index (κ2) is 15.6. The maximum absolute atomic E-state index is 13.4. The Morgan fingerprint density at radius 2 is 1.22 bits per heavy atom. The fourth-order valence-electron chi connectivity index (χ4n) is 8.01. The number of aromatic nitrogens is 8. The van der Waals surface area contributed by atoms with Gasteiger partial charge in [0.25, 0.3) is 10.0 Å². The van der Waals surface area contributed by atoms with Gasteiger partial charge in [-0.15, -0.1) is 0 Å². The number of nitrogens with zero attached hydrogens (tertiary/aromatic N) is 9. The summed E-state index contributed by atoms with van der Waals surface area (Å²) in [4.78, 5) is 50.1. The molecule has 2 atom stereocenters. The second-order valence-corrected chi connectivity index (χ2v) is 19.5. The minimum Gasteiger partial charge on any atom is -0.444 e. The summed E-state index contributed by atoms with van der Waals surface area (Å²) in [5.74, 6) is 1.94. The van der Waals surface area contributed by atoms with Crippen LogP contribution < -0.4 is 0 Å². The third-order valence-electron chi connectivity index (χ3n) is 10.7. The molecule has 0 saturated carbocycles. The van der Waals surface area contributed by atoms with E-state index < -0.39 is 21.2 Å². The lowest BCUT2D eigenvalue weighted by Crippen LogP contribution is -2.42. The van der Waals surface area contributed by atoms with Crippen molar-refractivity contribution in [1.29, 1.82) is 0 Å². The molecule has 316 valence electrons. The number of imidazole rings is 2. The van der Waals surface area contributed by atoms with Crippen LogP contribution in [-0.4, -0.2) is 105 Å². The Morgan fingerprint density at radius 1 is 0.700 bits per heavy atom. The fourth-order valence-corrected chi connectivity index (χ4v) is 9.31. The number of benzene rings is 1. The predicted octanol–water partition coefficient (Wildman–Crippen LogP) is 7.67. The van der Waals surface area contributed by atoms with Gasteiger partial charge in [-0.2, -0.15) is 0 Å². The lowest BCUT2D eigenvalue weighted by Gasteiger charge is -2.33. The van der Waals surface area contributed by atoms with Gasteiger partial charge >= 0.3 is 12.2 Å². The van der Waals surface area contributed by atoms with Crippen LogP contribution in [0.2, 0.25) is 0 Å². The largest absolute Gasteiger partial charge is 0.444 e. The Bertz CT molecular complexity index is 2810. The molecular weight excluding hydrogens is 785 g/mol. The van der Waals surface area contributed by atoms with Gasteiger partial charge in [-0.25, -0.2) is 41.9 Å². The van der Waals surface area contributed by atoms with Crippen molar-refractivity contribution < 1.29 is 27.5 Å². The van der Waals surface area contributed by atoms with Crippen molar-refractivity contribution in [2.45, 2.75) is 102 Å². The van der Waals surface area contributed by atoms with Crippen molar-refractivity contribution >= 4 is 55.6 Å². The second-order valence-electron chi connectivity index (χ2n) is 17.7. The highest BCUT2D eigenvalue weighted by atomic mass is 32.2. The van der Waals surface area contributed by atoms with Crippen LogP contribution in [0.4, 0.5) is 9.59 Å². The van der Waals surface area contributed by atoms with E-state index in [1.807, 2.05) is 77.5 Å². The van der Waals surface area contributed by atoms with E-state index >= 15 is 0 Å². The van der Waals surface area contributed by atoms with Gasteiger partial charge in [0.05, 0.1) is 51.7 Å². The molecule has 0 radical (unpaired) electrons. The zero-order valence-electron chi connectivity index (χ0n) is 35.1. The van der Waals surface area contributed by atoms with Crippen molar-refractivity contribution in [1.82, 2.24) is 47.5 Å². The topological polar surface area (TPSA) is 174 Å². The first kappa shape index (κ1) is 40.8. The molecule has 2 aliphatic heterocycles. The summed E-state index contributed by atoms with van der Waals surface area (Å²) in [5, 5.41) is 0. The highest BCUT2D eigenvalue weighted by molar-refractivity contribution is 7.90. The minimum absolute atomic E-state index is 0.0126. The molecule has 1 unspecified atom stereocenters. The first-order valence-corrected chi connectivity index (χ1v) is 21.8. The third kappa shape index (κ3) is 8.14. The molecule has 1 aromatic carbocycles. The van der Waals surface area contributed by atoms with Gasteiger partial charge in [0, 0.05) is 50.4 Å². The molecule has 8 heterocycles. The van der Waals surface area contributed by atoms with Crippen molar-refractivity contribution in [3.05, 3.63) is 90.8 Å². The van der Waals surface area contributed by atoms with Gasteiger partial charge in [0.2, 0.25) is 0 Å². The van der Waals surface area contributed by atoms with Crippen LogP contribution in [0.25, 0.3) is 33.4 Å². The first-order chi connectivity index (χ1) is 28.5. The van der Waals surface area contributed by atoms with E-state index in [1.165, 1.54) is 10.2 Å². The summed E-state index contributed by atoms with van der Waals surface area (Å²) in [6.07, 6.45) is 13.5. The van der Waals surface area contributed by atoms with E-state index in [9.17, 15) is 18.0 Å². The van der Waals surface area contributed by atoms with E-state index in [1.54, 1.807) is 52.5 Å². The summed E-state index contributed by atoms with van der Waals surface area (Å²) < 4.78 is 43.1. The van der Waals surface area contributed by atoms with Crippen LogP contribution in [0.5, 0.6) is 0 Å². The van der Waals surface area contributed by atoms with Crippen LogP contribution in [0.15, 0.2) is 78.5 Å². The van der Waals surface area contributed by atoms with Crippen molar-refractivity contribution in [3.63, 3.8) is 0 Å². The molecule has 60 heavy (non-hydrogen) atoms. The third-order valence-corrected chi connectivity index (χ3v) is 12.4. The Morgan fingerprint density at radius 3 is 1.77 bits per heavy atom. The molecule has 2 aliphatic rings. The van der Waals surface area contributed by atoms with E-state index in [-0.39, 0.29) is 28.9 Å². The maximum Gasteiger partial charge on any atom is 0.410 e. The highest BCUT2D eigenvalue weighted by Gasteiger charge is 2.33. The number of H-pyrrole nitrogens is 1. The zero-order chi connectivity index (χ0) is 42.6. The number of likely N-dealkylation sites (tertiary alicyclic amines) is 2. The summed E-state index contributed by atoms with van der Waals surface area (Å²) in [6, 6.07) is 10.5. The van der Waals surface area contributed by atoms with E-state index in [0.29, 0.717) is 30.8 Å². The lowest BCUT2D eigenvalue weighted by atomic mass is 9.97. The Hall–Kier alpha value is -5.97. The van der Waals surface area contributed by atoms with Crippen molar-refractivity contribution in [2.24, 2.45) is 0 Å². The number of carbonyl (C=O) groups excluding carboxylic acids is 2. The minimum atomic E-state index is -3.81. The first-order valence-electron chi connectivity index (χ1n) is 20.4. The Labute approximate surface area is 348 Å². The molecule has 0 bridgehead atoms. The molecular formula is C43H52N10O6S. The molecule has 2 saturated heterocycles. The monoisotopic (exact) mass is 836 g/mol. The SMILES string of the molecule is CC(C)(C)OC(=O)N1CCCC(c2ncc3cnc4[nH]ccc4n23)C1.Cc1ccc(S(=O)(=O)n2ccc3c2ncc2cnc([C@@H]4CCCN(C(=O)OC(C)(C)C)C4)n23)cc1. The number of hydrogen-bond acceptors (Lipinski definition) is 10.